The van der Waals surface area contributed by atoms with Gasteiger partial charge in [-0.05, 0) is 48.5 Å². The van der Waals surface area contributed by atoms with Crippen LogP contribution >= 0.6 is 15.9 Å². The van der Waals surface area contributed by atoms with Crippen LogP contribution in [0.25, 0.3) is 0 Å². The summed E-state index contributed by atoms with van der Waals surface area (Å²) in [5.41, 5.74) is 5.98. The van der Waals surface area contributed by atoms with Gasteiger partial charge in [0.05, 0.1) is 4.92 Å². The second kappa shape index (κ2) is 6.49. The third-order valence-corrected chi connectivity index (χ3v) is 4.24. The van der Waals surface area contributed by atoms with Gasteiger partial charge in [0.2, 0.25) is 5.82 Å². The Labute approximate surface area is 126 Å². The highest BCUT2D eigenvalue weighted by molar-refractivity contribution is 9.10. The highest BCUT2D eigenvalue weighted by atomic mass is 79.9. The van der Waals surface area contributed by atoms with Crippen molar-refractivity contribution in [2.45, 2.75) is 44.7 Å². The molecule has 1 fully saturated rings. The van der Waals surface area contributed by atoms with Crippen LogP contribution in [0.3, 0.4) is 0 Å². The van der Waals surface area contributed by atoms with E-state index in [1.165, 1.54) is 6.07 Å². The first kappa shape index (κ1) is 15.2. The Hall–Kier alpha value is -1.21. The van der Waals surface area contributed by atoms with Crippen LogP contribution in [0.4, 0.5) is 11.5 Å². The third-order valence-electron chi connectivity index (χ3n) is 3.81. The van der Waals surface area contributed by atoms with Crippen LogP contribution in [-0.2, 0) is 0 Å². The Morgan fingerprint density at radius 2 is 2.15 bits per heavy atom. The number of nitrogens with zero attached hydrogens (tertiary/aromatic N) is 3. The second-order valence-corrected chi connectivity index (χ2v) is 6.02. The van der Waals surface area contributed by atoms with Crippen LogP contribution < -0.4 is 10.6 Å². The number of nitro groups is 1. The molecule has 0 saturated heterocycles. The summed E-state index contributed by atoms with van der Waals surface area (Å²) in [6.07, 6.45) is 5.46. The number of pyridine rings is 1. The smallest absolute Gasteiger partial charge is 0.312 e. The van der Waals surface area contributed by atoms with E-state index in [2.05, 4.69) is 20.9 Å². The Kier molecular flexibility index (Phi) is 4.93. The molecular weight excluding hydrogens is 324 g/mol. The first-order chi connectivity index (χ1) is 9.52. The van der Waals surface area contributed by atoms with Crippen LogP contribution in [-0.4, -0.2) is 28.5 Å². The standard InChI is InChI=1S/C13H19BrN4O2/c1-2-17(11-5-3-10(15)4-6-11)13-12(18(19)20)7-9(14)8-16-13/h7-8,10-11H,2-6,15H2,1H3. The van der Waals surface area contributed by atoms with Crippen LogP contribution in [0.15, 0.2) is 16.7 Å². The Balaban J connectivity index is 2.29. The molecule has 1 heterocycles. The minimum absolute atomic E-state index is 0.0519. The van der Waals surface area contributed by atoms with Crippen LogP contribution in [0.5, 0.6) is 0 Å². The Morgan fingerprint density at radius 1 is 1.50 bits per heavy atom. The van der Waals surface area contributed by atoms with E-state index in [1.807, 2.05) is 11.8 Å². The number of anilines is 1. The molecular formula is C13H19BrN4O2. The van der Waals surface area contributed by atoms with Crippen molar-refractivity contribution in [1.82, 2.24) is 4.98 Å². The van der Waals surface area contributed by atoms with Gasteiger partial charge in [0, 0.05) is 35.4 Å². The first-order valence-corrected chi connectivity index (χ1v) is 7.64. The maximum atomic E-state index is 11.2. The molecule has 0 aliphatic heterocycles. The summed E-state index contributed by atoms with van der Waals surface area (Å²) in [7, 11) is 0. The molecule has 1 aromatic rings. The lowest BCUT2D eigenvalue weighted by molar-refractivity contribution is -0.384. The summed E-state index contributed by atoms with van der Waals surface area (Å²) in [4.78, 5) is 17.2. The number of nitrogens with two attached hydrogens (primary N) is 1. The van der Waals surface area contributed by atoms with E-state index in [1.54, 1.807) is 6.20 Å². The van der Waals surface area contributed by atoms with E-state index >= 15 is 0 Å². The average Bonchev–Trinajstić information content (AvgIpc) is 2.43. The lowest BCUT2D eigenvalue weighted by Gasteiger charge is -2.35. The van der Waals surface area contributed by atoms with E-state index in [4.69, 9.17) is 5.73 Å². The largest absolute Gasteiger partial charge is 0.348 e. The van der Waals surface area contributed by atoms with Crippen LogP contribution in [0.2, 0.25) is 0 Å². The fraction of sp³-hybridized carbons (Fsp3) is 0.615. The topological polar surface area (TPSA) is 85.3 Å². The van der Waals surface area contributed by atoms with Gasteiger partial charge in [-0.3, -0.25) is 10.1 Å². The molecule has 0 unspecified atom stereocenters. The maximum absolute atomic E-state index is 11.2. The normalized spacial score (nSPS) is 22.6. The number of hydrogen-bond donors (Lipinski definition) is 1. The molecule has 0 atom stereocenters. The molecule has 2 N–H and O–H groups in total. The fourth-order valence-electron chi connectivity index (χ4n) is 2.77. The zero-order valence-electron chi connectivity index (χ0n) is 11.5. The van der Waals surface area contributed by atoms with Crippen molar-refractivity contribution in [2.24, 2.45) is 5.73 Å². The predicted octanol–water partition coefficient (Wildman–Crippen LogP) is 2.85. The SMILES string of the molecule is CCN(c1ncc(Br)cc1[N+](=O)[O-])C1CCC(N)CC1. The molecule has 0 amide bonds. The van der Waals surface area contributed by atoms with E-state index < -0.39 is 0 Å². The predicted molar refractivity (Wildman–Crippen MR) is 81.8 cm³/mol. The zero-order chi connectivity index (χ0) is 14.7. The minimum Gasteiger partial charge on any atom is -0.348 e. The van der Waals surface area contributed by atoms with Crippen molar-refractivity contribution >= 4 is 27.4 Å². The molecule has 0 radical (unpaired) electrons. The second-order valence-electron chi connectivity index (χ2n) is 5.11. The summed E-state index contributed by atoms with van der Waals surface area (Å²) in [6.45, 7) is 2.71. The van der Waals surface area contributed by atoms with Gasteiger partial charge < -0.3 is 10.6 Å². The van der Waals surface area contributed by atoms with Crippen LogP contribution in [0.1, 0.15) is 32.6 Å². The quantitative estimate of drug-likeness (QED) is 0.671. The van der Waals surface area contributed by atoms with Crippen molar-refractivity contribution < 1.29 is 4.92 Å². The first-order valence-electron chi connectivity index (χ1n) is 6.85. The maximum Gasteiger partial charge on any atom is 0.312 e. The van der Waals surface area contributed by atoms with Gasteiger partial charge in [-0.15, -0.1) is 0 Å². The van der Waals surface area contributed by atoms with Crippen molar-refractivity contribution in [3.63, 3.8) is 0 Å². The molecule has 1 saturated carbocycles. The summed E-state index contributed by atoms with van der Waals surface area (Å²) in [5.74, 6) is 0.459. The van der Waals surface area contributed by atoms with Crippen molar-refractivity contribution in [2.75, 3.05) is 11.4 Å². The zero-order valence-corrected chi connectivity index (χ0v) is 13.0. The highest BCUT2D eigenvalue weighted by Crippen LogP contribution is 2.33. The van der Waals surface area contributed by atoms with Crippen molar-refractivity contribution in [3.8, 4) is 0 Å². The summed E-state index contributed by atoms with van der Waals surface area (Å²) < 4.78 is 0.620. The number of hydrogen-bond acceptors (Lipinski definition) is 5. The molecule has 6 nitrogen and oxygen atoms in total. The lowest BCUT2D eigenvalue weighted by atomic mass is 9.90. The molecule has 0 bridgehead atoms. The summed E-state index contributed by atoms with van der Waals surface area (Å²) >= 11 is 3.24. The number of rotatable bonds is 4. The molecule has 110 valence electrons. The van der Waals surface area contributed by atoms with Gasteiger partial charge in [0.1, 0.15) is 0 Å². The third kappa shape index (κ3) is 3.27. The van der Waals surface area contributed by atoms with Gasteiger partial charge in [-0.25, -0.2) is 4.98 Å². The van der Waals surface area contributed by atoms with E-state index in [-0.39, 0.29) is 22.7 Å². The molecule has 2 rings (SSSR count). The lowest BCUT2D eigenvalue weighted by Crippen LogP contribution is -2.41. The van der Waals surface area contributed by atoms with Gasteiger partial charge >= 0.3 is 5.69 Å². The van der Waals surface area contributed by atoms with Crippen molar-refractivity contribution in [3.05, 3.63) is 26.9 Å². The minimum atomic E-state index is -0.371. The molecule has 7 heteroatoms. The number of halogens is 1. The van der Waals surface area contributed by atoms with Crippen LogP contribution in [0, 0.1) is 10.1 Å². The monoisotopic (exact) mass is 342 g/mol. The number of aromatic nitrogens is 1. The highest BCUT2D eigenvalue weighted by Gasteiger charge is 2.29. The van der Waals surface area contributed by atoms with E-state index in [0.29, 0.717) is 16.8 Å². The summed E-state index contributed by atoms with van der Waals surface area (Å²) in [6, 6.07) is 2.06. The van der Waals surface area contributed by atoms with Gasteiger partial charge in [-0.1, -0.05) is 0 Å². The molecule has 0 spiro atoms. The fourth-order valence-corrected chi connectivity index (χ4v) is 3.09. The van der Waals surface area contributed by atoms with E-state index in [9.17, 15) is 10.1 Å². The summed E-state index contributed by atoms with van der Waals surface area (Å²) in [5, 5.41) is 11.2. The van der Waals surface area contributed by atoms with Gasteiger partial charge in [-0.2, -0.15) is 0 Å². The average molecular weight is 343 g/mol. The van der Waals surface area contributed by atoms with Crippen molar-refractivity contribution in [1.29, 1.82) is 0 Å². The Morgan fingerprint density at radius 3 is 2.70 bits per heavy atom. The molecule has 20 heavy (non-hydrogen) atoms. The molecule has 1 aliphatic rings. The molecule has 0 aromatic carbocycles. The molecule has 1 aromatic heterocycles. The van der Waals surface area contributed by atoms with E-state index in [0.717, 1.165) is 25.7 Å². The van der Waals surface area contributed by atoms with Gasteiger partial charge in [0.15, 0.2) is 0 Å². The van der Waals surface area contributed by atoms with Gasteiger partial charge in [0.25, 0.3) is 0 Å². The molecule has 1 aliphatic carbocycles. The Bertz CT molecular complexity index is 489.